The van der Waals surface area contributed by atoms with Gasteiger partial charge in [-0.25, -0.2) is 0 Å². The van der Waals surface area contributed by atoms with Crippen LogP contribution in [0.5, 0.6) is 0 Å². The van der Waals surface area contributed by atoms with Crippen LogP contribution >= 0.6 is 11.3 Å². The summed E-state index contributed by atoms with van der Waals surface area (Å²) in [5.41, 5.74) is 2.38. The fourth-order valence-electron chi connectivity index (χ4n) is 3.77. The van der Waals surface area contributed by atoms with Crippen LogP contribution in [0, 0.1) is 0 Å². The van der Waals surface area contributed by atoms with Crippen LogP contribution < -0.4 is 0 Å². The molecule has 5 nitrogen and oxygen atoms in total. The molecule has 2 aromatic heterocycles. The Kier molecular flexibility index (Phi) is 5.10. The minimum atomic E-state index is 0.228. The van der Waals surface area contributed by atoms with Crippen molar-refractivity contribution >= 4 is 17.2 Å². The number of aromatic nitrogens is 1. The van der Waals surface area contributed by atoms with E-state index >= 15 is 0 Å². The van der Waals surface area contributed by atoms with Gasteiger partial charge in [-0.15, -0.1) is 0 Å². The molecule has 4 rings (SSSR count). The van der Waals surface area contributed by atoms with Gasteiger partial charge in [0, 0.05) is 38.6 Å². The lowest BCUT2D eigenvalue weighted by Crippen LogP contribution is -2.60. The van der Waals surface area contributed by atoms with Crippen LogP contribution in [-0.2, 0) is 22.5 Å². The number of ether oxygens (including phenoxy) is 1. The van der Waals surface area contributed by atoms with Crippen LogP contribution in [0.4, 0.5) is 0 Å². The molecule has 0 spiro atoms. The quantitative estimate of drug-likeness (QED) is 0.841. The van der Waals surface area contributed by atoms with Crippen molar-refractivity contribution < 1.29 is 9.53 Å². The summed E-state index contributed by atoms with van der Waals surface area (Å²) in [5.74, 6) is 0.228. The van der Waals surface area contributed by atoms with Gasteiger partial charge in [-0.3, -0.25) is 14.7 Å². The number of carbonyl (C=O) groups excluding carboxylic acids is 1. The number of hydrogen-bond donors (Lipinski definition) is 0. The molecule has 0 aromatic carbocycles. The van der Waals surface area contributed by atoms with Crippen LogP contribution in [-0.4, -0.2) is 59.1 Å². The van der Waals surface area contributed by atoms with Crippen molar-refractivity contribution in [1.82, 2.24) is 14.8 Å². The second kappa shape index (κ2) is 7.64. The smallest absolute Gasteiger partial charge is 0.227 e. The van der Waals surface area contributed by atoms with Gasteiger partial charge in [0.15, 0.2) is 0 Å². The fourth-order valence-corrected chi connectivity index (χ4v) is 4.44. The van der Waals surface area contributed by atoms with Crippen molar-refractivity contribution in [3.63, 3.8) is 0 Å². The molecule has 2 fully saturated rings. The van der Waals surface area contributed by atoms with E-state index in [0.29, 0.717) is 6.42 Å². The molecule has 0 aliphatic carbocycles. The maximum atomic E-state index is 12.7. The monoisotopic (exact) mass is 357 g/mol. The first kappa shape index (κ1) is 16.7. The lowest BCUT2D eigenvalue weighted by molar-refractivity contribution is -0.142. The van der Waals surface area contributed by atoms with Gasteiger partial charge in [-0.05, 0) is 46.5 Å². The number of nitrogens with zero attached hydrogens (tertiary/aromatic N) is 3. The van der Waals surface area contributed by atoms with Gasteiger partial charge in [0.25, 0.3) is 0 Å². The van der Waals surface area contributed by atoms with Crippen molar-refractivity contribution in [3.8, 4) is 0 Å². The summed E-state index contributed by atoms with van der Waals surface area (Å²) in [7, 11) is 0. The number of hydrogen-bond acceptors (Lipinski definition) is 5. The normalized spacial score (nSPS) is 24.1. The fraction of sp³-hybridized carbons (Fsp3) is 0.474. The number of fused-ring (bicyclic) bond motifs is 1. The van der Waals surface area contributed by atoms with Crippen LogP contribution in [0.2, 0.25) is 0 Å². The highest BCUT2D eigenvalue weighted by atomic mass is 32.1. The van der Waals surface area contributed by atoms with Gasteiger partial charge in [0.2, 0.25) is 5.91 Å². The van der Waals surface area contributed by atoms with Crippen LogP contribution in [0.25, 0.3) is 0 Å². The number of piperidine rings is 1. The first-order valence-electron chi connectivity index (χ1n) is 8.83. The summed E-state index contributed by atoms with van der Waals surface area (Å²) < 4.78 is 5.99. The molecular weight excluding hydrogens is 334 g/mol. The number of rotatable bonds is 4. The Bertz CT molecular complexity index is 692. The van der Waals surface area contributed by atoms with Gasteiger partial charge >= 0.3 is 0 Å². The molecule has 2 aliphatic rings. The lowest BCUT2D eigenvalue weighted by Gasteiger charge is -2.47. The van der Waals surface area contributed by atoms with Gasteiger partial charge in [0.1, 0.15) is 0 Å². The van der Waals surface area contributed by atoms with E-state index in [1.54, 1.807) is 11.3 Å². The Morgan fingerprint density at radius 2 is 2.12 bits per heavy atom. The minimum Gasteiger partial charge on any atom is -0.375 e. The zero-order chi connectivity index (χ0) is 17.1. The van der Waals surface area contributed by atoms with Crippen molar-refractivity contribution in [2.24, 2.45) is 0 Å². The molecule has 25 heavy (non-hydrogen) atoms. The Labute approximate surface area is 152 Å². The zero-order valence-electron chi connectivity index (χ0n) is 14.2. The number of carbonyl (C=O) groups is 1. The third-order valence-electron chi connectivity index (χ3n) is 5.12. The zero-order valence-corrected chi connectivity index (χ0v) is 15.0. The average molecular weight is 357 g/mol. The molecule has 0 unspecified atom stereocenters. The minimum absolute atomic E-state index is 0.228. The van der Waals surface area contributed by atoms with Gasteiger partial charge in [0.05, 0.1) is 25.2 Å². The molecule has 1 amide bonds. The van der Waals surface area contributed by atoms with Gasteiger partial charge < -0.3 is 9.64 Å². The summed E-state index contributed by atoms with van der Waals surface area (Å²) >= 11 is 1.64. The van der Waals surface area contributed by atoms with Crippen molar-refractivity contribution in [1.29, 1.82) is 0 Å². The van der Waals surface area contributed by atoms with Crippen LogP contribution in [0.15, 0.2) is 41.4 Å². The van der Waals surface area contributed by atoms with Gasteiger partial charge in [-0.1, -0.05) is 0 Å². The molecule has 6 heteroatoms. The topological polar surface area (TPSA) is 45.7 Å². The molecule has 0 radical (unpaired) electrons. The number of pyridine rings is 1. The Hall–Kier alpha value is -1.76. The van der Waals surface area contributed by atoms with E-state index in [4.69, 9.17) is 4.74 Å². The molecule has 132 valence electrons. The second-order valence-electron chi connectivity index (χ2n) is 6.74. The lowest BCUT2D eigenvalue weighted by atomic mass is 9.97. The van der Waals surface area contributed by atoms with E-state index < -0.39 is 0 Å². The molecule has 0 bridgehead atoms. The van der Waals surface area contributed by atoms with Crippen molar-refractivity contribution in [2.45, 2.75) is 31.5 Å². The van der Waals surface area contributed by atoms with E-state index in [2.05, 4.69) is 27.4 Å². The molecule has 0 N–H and O–H groups in total. The van der Waals surface area contributed by atoms with E-state index in [9.17, 15) is 4.79 Å². The second-order valence-corrected chi connectivity index (χ2v) is 7.52. The molecule has 2 atom stereocenters. The van der Waals surface area contributed by atoms with E-state index in [0.717, 1.165) is 44.8 Å². The summed E-state index contributed by atoms with van der Waals surface area (Å²) in [6.45, 7) is 4.14. The van der Waals surface area contributed by atoms with Gasteiger partial charge in [-0.2, -0.15) is 11.3 Å². The first-order valence-corrected chi connectivity index (χ1v) is 9.77. The molecule has 2 aromatic rings. The van der Waals surface area contributed by atoms with Crippen molar-refractivity contribution in [2.75, 3.05) is 26.2 Å². The number of thiophene rings is 1. The standard InChI is InChI=1S/C19H23N3O2S/c23-19(11-16-4-10-25-14-16)22-7-3-18-17(13-22)21(8-9-24-18)12-15-1-5-20-6-2-15/h1-2,4-6,10,14,17-18H,3,7-9,11-13H2/t17-,18-/m0/s1. The van der Waals surface area contributed by atoms with E-state index in [-0.39, 0.29) is 18.1 Å². The number of amides is 1. The van der Waals surface area contributed by atoms with E-state index in [1.807, 2.05) is 28.7 Å². The largest absolute Gasteiger partial charge is 0.375 e. The summed E-state index contributed by atoms with van der Waals surface area (Å²) in [5, 5.41) is 4.09. The SMILES string of the molecule is O=C(Cc1ccsc1)N1CC[C@@H]2OCCN(Cc3ccncc3)[C@H]2C1. The Morgan fingerprint density at radius 1 is 1.24 bits per heavy atom. The molecule has 2 aliphatic heterocycles. The summed E-state index contributed by atoms with van der Waals surface area (Å²) in [4.78, 5) is 21.2. The third-order valence-corrected chi connectivity index (χ3v) is 5.85. The first-order chi connectivity index (χ1) is 12.3. The molecule has 0 saturated carbocycles. The predicted octanol–water partition coefficient (Wildman–Crippen LogP) is 2.19. The van der Waals surface area contributed by atoms with E-state index in [1.165, 1.54) is 5.56 Å². The van der Waals surface area contributed by atoms with Crippen LogP contribution in [0.1, 0.15) is 17.5 Å². The maximum Gasteiger partial charge on any atom is 0.227 e. The third kappa shape index (κ3) is 3.92. The highest BCUT2D eigenvalue weighted by Crippen LogP contribution is 2.25. The highest BCUT2D eigenvalue weighted by molar-refractivity contribution is 7.08. The predicted molar refractivity (Wildman–Crippen MR) is 97.4 cm³/mol. The summed E-state index contributed by atoms with van der Waals surface area (Å²) in [6.07, 6.45) is 5.34. The Morgan fingerprint density at radius 3 is 2.92 bits per heavy atom. The summed E-state index contributed by atoms with van der Waals surface area (Å²) in [6, 6.07) is 6.44. The molecule has 2 saturated heterocycles. The number of likely N-dealkylation sites (tertiary alicyclic amines) is 1. The van der Waals surface area contributed by atoms with Crippen LogP contribution in [0.3, 0.4) is 0 Å². The number of morpholine rings is 1. The molecular formula is C19H23N3O2S. The van der Waals surface area contributed by atoms with Crippen molar-refractivity contribution in [3.05, 3.63) is 52.5 Å². The Balaban J connectivity index is 1.42. The average Bonchev–Trinajstić information content (AvgIpc) is 3.15. The highest BCUT2D eigenvalue weighted by Gasteiger charge is 2.38. The molecule has 4 heterocycles. The maximum absolute atomic E-state index is 12.7.